The number of thioether (sulfide) groups is 1. The summed E-state index contributed by atoms with van der Waals surface area (Å²) in [6.45, 7) is 0. The molecule has 0 saturated carbocycles. The first-order valence-electron chi connectivity index (χ1n) is 9.48. The molecule has 4 aromatic rings. The molecule has 0 radical (unpaired) electrons. The molecule has 0 saturated heterocycles. The number of carbonyl (C=O) groups is 1. The van der Waals surface area contributed by atoms with E-state index < -0.39 is 5.82 Å². The van der Waals surface area contributed by atoms with E-state index in [0.717, 1.165) is 0 Å². The van der Waals surface area contributed by atoms with Gasteiger partial charge < -0.3 is 5.32 Å². The van der Waals surface area contributed by atoms with Crippen molar-refractivity contribution in [3.05, 3.63) is 94.0 Å². The molecular weight excluding hydrogens is 437 g/mol. The van der Waals surface area contributed by atoms with Crippen molar-refractivity contribution in [2.45, 2.75) is 11.6 Å². The van der Waals surface area contributed by atoms with Crippen molar-refractivity contribution in [3.63, 3.8) is 0 Å². The topological polar surface area (TPSA) is 64.0 Å². The Morgan fingerprint density at radius 1 is 1.06 bits per heavy atom. The molecule has 156 valence electrons. The molecule has 1 heterocycles. The summed E-state index contributed by atoms with van der Waals surface area (Å²) in [6.07, 6.45) is 0.178. The predicted octanol–water partition coefficient (Wildman–Crippen LogP) is 5.30. The van der Waals surface area contributed by atoms with Crippen LogP contribution in [0, 0.1) is 5.82 Å². The Hall–Kier alpha value is -3.16. The number of hydrogen-bond acceptors (Lipinski definition) is 4. The average molecular weight is 454 g/mol. The summed E-state index contributed by atoms with van der Waals surface area (Å²) in [4.78, 5) is 30.1. The molecule has 1 aromatic heterocycles. The molecule has 0 unspecified atom stereocenters. The molecule has 0 aliphatic heterocycles. The molecule has 8 heteroatoms. The molecule has 0 aliphatic carbocycles. The maximum Gasteiger partial charge on any atom is 0.266 e. The van der Waals surface area contributed by atoms with Crippen molar-refractivity contribution >= 4 is 45.9 Å². The van der Waals surface area contributed by atoms with Crippen molar-refractivity contribution in [1.29, 1.82) is 0 Å². The van der Waals surface area contributed by atoms with E-state index in [1.807, 2.05) is 36.4 Å². The van der Waals surface area contributed by atoms with Gasteiger partial charge >= 0.3 is 0 Å². The summed E-state index contributed by atoms with van der Waals surface area (Å²) >= 11 is 7.07. The Morgan fingerprint density at radius 2 is 1.81 bits per heavy atom. The van der Waals surface area contributed by atoms with Crippen LogP contribution < -0.4 is 10.9 Å². The van der Waals surface area contributed by atoms with Gasteiger partial charge in [-0.25, -0.2) is 9.37 Å². The van der Waals surface area contributed by atoms with E-state index in [4.69, 9.17) is 11.6 Å². The number of carbonyl (C=O) groups excluding carboxylic acids is 1. The third-order valence-corrected chi connectivity index (χ3v) is 5.75. The van der Waals surface area contributed by atoms with E-state index in [0.29, 0.717) is 33.2 Å². The fraction of sp³-hybridized carbons (Fsp3) is 0.0870. The second-order valence-electron chi connectivity index (χ2n) is 6.66. The Balaban J connectivity index is 1.54. The van der Waals surface area contributed by atoms with Crippen molar-refractivity contribution in [2.75, 3.05) is 11.1 Å². The van der Waals surface area contributed by atoms with Crippen molar-refractivity contribution in [3.8, 4) is 5.69 Å². The van der Waals surface area contributed by atoms with Crippen LogP contribution in [-0.4, -0.2) is 21.2 Å². The van der Waals surface area contributed by atoms with Crippen molar-refractivity contribution in [2.24, 2.45) is 0 Å². The first kappa shape index (κ1) is 21.1. The maximum absolute atomic E-state index is 13.3. The highest BCUT2D eigenvalue weighted by Gasteiger charge is 2.14. The van der Waals surface area contributed by atoms with Crippen LogP contribution in [0.4, 0.5) is 10.1 Å². The molecule has 1 N–H and O–H groups in total. The summed E-state index contributed by atoms with van der Waals surface area (Å²) in [5.41, 5.74) is 1.57. The molecule has 0 aliphatic rings. The molecule has 0 bridgehead atoms. The van der Waals surface area contributed by atoms with E-state index in [2.05, 4.69) is 10.3 Å². The van der Waals surface area contributed by atoms with Crippen LogP contribution in [-0.2, 0) is 4.79 Å². The molecule has 0 spiro atoms. The first-order valence-corrected chi connectivity index (χ1v) is 10.8. The zero-order valence-electron chi connectivity index (χ0n) is 16.2. The van der Waals surface area contributed by atoms with Gasteiger partial charge in [-0.2, -0.15) is 0 Å². The zero-order chi connectivity index (χ0) is 21.8. The van der Waals surface area contributed by atoms with Gasteiger partial charge in [0.25, 0.3) is 5.56 Å². The van der Waals surface area contributed by atoms with Crippen LogP contribution in [0.1, 0.15) is 6.42 Å². The lowest BCUT2D eigenvalue weighted by Gasteiger charge is -2.13. The van der Waals surface area contributed by atoms with Gasteiger partial charge in [-0.3, -0.25) is 14.2 Å². The SMILES string of the molecule is O=C(CCSc1nc2ccccc2c(=O)n1-c1ccccc1)Nc1ccc(F)c(Cl)c1. The Kier molecular flexibility index (Phi) is 6.34. The average Bonchev–Trinajstić information content (AvgIpc) is 2.77. The molecule has 0 atom stereocenters. The number of hydrogen-bond donors (Lipinski definition) is 1. The Morgan fingerprint density at radius 3 is 2.58 bits per heavy atom. The van der Waals surface area contributed by atoms with Crippen molar-refractivity contribution < 1.29 is 9.18 Å². The van der Waals surface area contributed by atoms with Gasteiger partial charge in [0.05, 0.1) is 21.6 Å². The third-order valence-electron chi connectivity index (χ3n) is 4.52. The van der Waals surface area contributed by atoms with Gasteiger partial charge in [0.2, 0.25) is 5.91 Å². The van der Waals surface area contributed by atoms with Crippen LogP contribution in [0.2, 0.25) is 5.02 Å². The third kappa shape index (κ3) is 4.78. The standard InChI is InChI=1S/C23H17ClFN3O2S/c24-18-14-15(10-11-19(18)25)26-21(29)12-13-31-23-27-20-9-5-4-8-17(20)22(30)28(23)16-6-2-1-3-7-16/h1-11,14H,12-13H2,(H,26,29). The largest absolute Gasteiger partial charge is 0.326 e. The van der Waals surface area contributed by atoms with Gasteiger partial charge in [0.1, 0.15) is 5.82 Å². The summed E-state index contributed by atoms with van der Waals surface area (Å²) in [6, 6.07) is 20.5. The molecule has 5 nitrogen and oxygen atoms in total. The summed E-state index contributed by atoms with van der Waals surface area (Å²) < 4.78 is 14.8. The highest BCUT2D eigenvalue weighted by Crippen LogP contribution is 2.23. The normalized spacial score (nSPS) is 10.9. The zero-order valence-corrected chi connectivity index (χ0v) is 17.8. The lowest BCUT2D eigenvalue weighted by molar-refractivity contribution is -0.115. The summed E-state index contributed by atoms with van der Waals surface area (Å²) in [5.74, 6) is -0.390. The van der Waals surface area contributed by atoms with Crippen LogP contribution >= 0.6 is 23.4 Å². The fourth-order valence-electron chi connectivity index (χ4n) is 3.05. The minimum atomic E-state index is -0.545. The van der Waals surface area contributed by atoms with E-state index in [1.165, 1.54) is 30.0 Å². The molecule has 4 rings (SSSR count). The Bertz CT molecular complexity index is 1310. The number of fused-ring (bicyclic) bond motifs is 1. The fourth-order valence-corrected chi connectivity index (χ4v) is 4.18. The Labute approximate surface area is 186 Å². The minimum absolute atomic E-state index is 0.0561. The molecular formula is C23H17ClFN3O2S. The molecule has 31 heavy (non-hydrogen) atoms. The second kappa shape index (κ2) is 9.32. The van der Waals surface area contributed by atoms with E-state index in [-0.39, 0.29) is 22.9 Å². The van der Waals surface area contributed by atoms with Gasteiger partial charge in [-0.1, -0.05) is 53.7 Å². The van der Waals surface area contributed by atoms with E-state index in [9.17, 15) is 14.0 Å². The second-order valence-corrected chi connectivity index (χ2v) is 8.13. The van der Waals surface area contributed by atoms with Crippen LogP contribution in [0.25, 0.3) is 16.6 Å². The van der Waals surface area contributed by atoms with E-state index >= 15 is 0 Å². The van der Waals surface area contributed by atoms with E-state index in [1.54, 1.807) is 22.8 Å². The number of rotatable bonds is 6. The highest BCUT2D eigenvalue weighted by molar-refractivity contribution is 7.99. The highest BCUT2D eigenvalue weighted by atomic mass is 35.5. The quantitative estimate of drug-likeness (QED) is 0.318. The van der Waals surface area contributed by atoms with Gasteiger partial charge in [0.15, 0.2) is 5.16 Å². The number of benzene rings is 3. The lowest BCUT2D eigenvalue weighted by Crippen LogP contribution is -2.22. The van der Waals surface area contributed by atoms with Gasteiger partial charge in [-0.15, -0.1) is 0 Å². The van der Waals surface area contributed by atoms with Gasteiger partial charge in [0, 0.05) is 17.9 Å². The maximum atomic E-state index is 13.3. The monoisotopic (exact) mass is 453 g/mol. The number of halogens is 2. The van der Waals surface area contributed by atoms with Crippen LogP contribution in [0.3, 0.4) is 0 Å². The smallest absolute Gasteiger partial charge is 0.266 e. The number of para-hydroxylation sites is 2. The lowest BCUT2D eigenvalue weighted by atomic mass is 10.2. The predicted molar refractivity (Wildman–Crippen MR) is 123 cm³/mol. The summed E-state index contributed by atoms with van der Waals surface area (Å²) in [7, 11) is 0. The number of amides is 1. The first-order chi connectivity index (χ1) is 15.0. The van der Waals surface area contributed by atoms with Crippen LogP contribution in [0.5, 0.6) is 0 Å². The molecule has 3 aromatic carbocycles. The number of aromatic nitrogens is 2. The number of nitrogens with one attached hydrogen (secondary N) is 1. The molecule has 0 fully saturated rings. The minimum Gasteiger partial charge on any atom is -0.326 e. The van der Waals surface area contributed by atoms with Crippen molar-refractivity contribution in [1.82, 2.24) is 9.55 Å². The number of anilines is 1. The summed E-state index contributed by atoms with van der Waals surface area (Å²) in [5, 5.41) is 3.67. The van der Waals surface area contributed by atoms with Crippen LogP contribution in [0.15, 0.2) is 82.7 Å². The molecule has 1 amide bonds. The number of nitrogens with zero attached hydrogens (tertiary/aromatic N) is 2. The van der Waals surface area contributed by atoms with Gasteiger partial charge in [-0.05, 0) is 42.5 Å².